The normalized spacial score (nSPS) is 11.9. The molecule has 3 N–H and O–H groups in total. The van der Waals surface area contributed by atoms with Crippen LogP contribution < -0.4 is 11.1 Å². The van der Waals surface area contributed by atoms with Crippen molar-refractivity contribution in [1.29, 1.82) is 0 Å². The van der Waals surface area contributed by atoms with Gasteiger partial charge in [0.2, 0.25) is 5.91 Å². The van der Waals surface area contributed by atoms with Crippen LogP contribution in [0.5, 0.6) is 0 Å². The molecule has 1 aromatic heterocycles. The number of rotatable bonds is 3. The average molecular weight is 363 g/mol. The molecule has 23 heavy (non-hydrogen) atoms. The summed E-state index contributed by atoms with van der Waals surface area (Å²) in [4.78, 5) is 15.9. The van der Waals surface area contributed by atoms with Gasteiger partial charge in [-0.15, -0.1) is 24.8 Å². The smallest absolute Gasteiger partial charge is 0.241 e. The van der Waals surface area contributed by atoms with Gasteiger partial charge in [0.05, 0.1) is 18.1 Å². The van der Waals surface area contributed by atoms with Crippen LogP contribution in [0.25, 0.3) is 5.69 Å². The molecule has 2 aromatic rings. The highest BCUT2D eigenvalue weighted by Gasteiger charge is 2.27. The molecule has 1 aromatic carbocycles. The Labute approximate surface area is 147 Å². The molecule has 128 valence electrons. The third kappa shape index (κ3) is 5.20. The summed E-state index contributed by atoms with van der Waals surface area (Å²) in [6.07, 6.45) is 4.72. The minimum absolute atomic E-state index is 0. The zero-order valence-corrected chi connectivity index (χ0v) is 14.7. The standard InChI is InChI=1S/C15H19FN4O.2ClH/c1-15(2,3)13(17)14(21)19-10-4-5-12(11(16)8-10)20-7-6-18-9-20;;/h4-9,13H,17H2,1-3H3,(H,19,21);2*1H/t13-;;/m1../s1. The number of benzene rings is 1. The number of nitrogens with one attached hydrogen (secondary N) is 1. The van der Waals surface area contributed by atoms with Gasteiger partial charge in [-0.1, -0.05) is 20.8 Å². The first kappa shape index (κ1) is 21.4. The zero-order valence-electron chi connectivity index (χ0n) is 13.1. The number of amides is 1. The fourth-order valence-corrected chi connectivity index (χ4v) is 1.81. The molecular weight excluding hydrogens is 342 g/mol. The summed E-state index contributed by atoms with van der Waals surface area (Å²) in [5.41, 5.74) is 6.25. The molecule has 0 aliphatic heterocycles. The monoisotopic (exact) mass is 362 g/mol. The summed E-state index contributed by atoms with van der Waals surface area (Å²) < 4.78 is 15.6. The molecular formula is C15H21Cl2FN4O. The minimum Gasteiger partial charge on any atom is -0.325 e. The summed E-state index contributed by atoms with van der Waals surface area (Å²) in [6, 6.07) is 3.80. The molecule has 2 rings (SSSR count). The van der Waals surface area contributed by atoms with Gasteiger partial charge in [0.15, 0.2) is 0 Å². The van der Waals surface area contributed by atoms with Gasteiger partial charge in [0, 0.05) is 18.1 Å². The number of hydrogen-bond donors (Lipinski definition) is 2. The van der Waals surface area contributed by atoms with Gasteiger partial charge >= 0.3 is 0 Å². The SMILES string of the molecule is CC(C)(C)[C@H](N)C(=O)Nc1ccc(-n2ccnc2)c(F)c1.Cl.Cl. The van der Waals surface area contributed by atoms with E-state index >= 15 is 0 Å². The van der Waals surface area contributed by atoms with Crippen LogP contribution in [0.2, 0.25) is 0 Å². The van der Waals surface area contributed by atoms with Gasteiger partial charge < -0.3 is 15.6 Å². The van der Waals surface area contributed by atoms with Crippen molar-refractivity contribution >= 4 is 36.4 Å². The van der Waals surface area contributed by atoms with Crippen LogP contribution in [0, 0.1) is 11.2 Å². The lowest BCUT2D eigenvalue weighted by Crippen LogP contribution is -2.45. The second kappa shape index (κ2) is 8.29. The molecule has 0 saturated carbocycles. The lowest BCUT2D eigenvalue weighted by atomic mass is 9.87. The molecule has 8 heteroatoms. The summed E-state index contributed by atoms with van der Waals surface area (Å²) in [6.45, 7) is 5.62. The lowest BCUT2D eigenvalue weighted by Gasteiger charge is -2.25. The van der Waals surface area contributed by atoms with E-state index in [2.05, 4.69) is 10.3 Å². The molecule has 0 spiro atoms. The number of halogens is 3. The van der Waals surface area contributed by atoms with Gasteiger partial charge in [0.1, 0.15) is 5.82 Å². The highest BCUT2D eigenvalue weighted by atomic mass is 35.5. The van der Waals surface area contributed by atoms with Crippen molar-refractivity contribution in [2.45, 2.75) is 26.8 Å². The predicted molar refractivity (Wildman–Crippen MR) is 94.1 cm³/mol. The summed E-state index contributed by atoms with van der Waals surface area (Å²) >= 11 is 0. The van der Waals surface area contributed by atoms with Crippen molar-refractivity contribution < 1.29 is 9.18 Å². The number of nitrogens with zero attached hydrogens (tertiary/aromatic N) is 2. The number of anilines is 1. The Morgan fingerprint density at radius 3 is 2.48 bits per heavy atom. The van der Waals surface area contributed by atoms with E-state index in [0.717, 1.165) is 0 Å². The molecule has 0 saturated heterocycles. The predicted octanol–water partition coefficient (Wildman–Crippen LogP) is 3.17. The Morgan fingerprint density at radius 2 is 2.00 bits per heavy atom. The summed E-state index contributed by atoms with van der Waals surface area (Å²) in [5, 5.41) is 2.63. The van der Waals surface area contributed by atoms with E-state index in [9.17, 15) is 9.18 Å². The summed E-state index contributed by atoms with van der Waals surface area (Å²) in [5.74, 6) is -0.785. The van der Waals surface area contributed by atoms with Crippen molar-refractivity contribution in [3.63, 3.8) is 0 Å². The molecule has 5 nitrogen and oxygen atoms in total. The van der Waals surface area contributed by atoms with Gasteiger partial charge in [-0.25, -0.2) is 9.37 Å². The van der Waals surface area contributed by atoms with Crippen molar-refractivity contribution in [2.24, 2.45) is 11.1 Å². The van der Waals surface area contributed by atoms with Crippen LogP contribution in [-0.2, 0) is 4.79 Å². The van der Waals surface area contributed by atoms with Crippen molar-refractivity contribution in [1.82, 2.24) is 9.55 Å². The van der Waals surface area contributed by atoms with E-state index in [-0.39, 0.29) is 36.1 Å². The van der Waals surface area contributed by atoms with Crippen molar-refractivity contribution in [3.8, 4) is 5.69 Å². The number of carbonyl (C=O) groups is 1. The molecule has 0 radical (unpaired) electrons. The quantitative estimate of drug-likeness (QED) is 0.880. The highest BCUT2D eigenvalue weighted by Crippen LogP contribution is 2.21. The fraction of sp³-hybridized carbons (Fsp3) is 0.333. The molecule has 1 heterocycles. The molecule has 0 aliphatic rings. The Kier molecular flexibility index (Phi) is 7.70. The Hall–Kier alpha value is -1.63. The zero-order chi connectivity index (χ0) is 15.6. The maximum atomic E-state index is 14.1. The Morgan fingerprint density at radius 1 is 1.35 bits per heavy atom. The average Bonchev–Trinajstić information content (AvgIpc) is 2.90. The fourth-order valence-electron chi connectivity index (χ4n) is 1.81. The topological polar surface area (TPSA) is 72.9 Å². The van der Waals surface area contributed by atoms with Gasteiger partial charge in [-0.05, 0) is 23.6 Å². The molecule has 0 fully saturated rings. The van der Waals surface area contributed by atoms with Crippen LogP contribution >= 0.6 is 24.8 Å². The maximum Gasteiger partial charge on any atom is 0.241 e. The number of carbonyl (C=O) groups excluding carboxylic acids is 1. The molecule has 0 bridgehead atoms. The number of nitrogens with two attached hydrogens (primary N) is 1. The van der Waals surface area contributed by atoms with E-state index in [0.29, 0.717) is 11.4 Å². The van der Waals surface area contributed by atoms with Crippen LogP contribution in [0.15, 0.2) is 36.9 Å². The second-order valence-electron chi connectivity index (χ2n) is 5.97. The van der Waals surface area contributed by atoms with Crippen LogP contribution in [0.4, 0.5) is 10.1 Å². The highest BCUT2D eigenvalue weighted by molar-refractivity contribution is 5.95. The van der Waals surface area contributed by atoms with Gasteiger partial charge in [-0.2, -0.15) is 0 Å². The first-order chi connectivity index (χ1) is 9.79. The third-order valence-corrected chi connectivity index (χ3v) is 3.21. The number of imidazole rings is 1. The van der Waals surface area contributed by atoms with Crippen molar-refractivity contribution in [3.05, 3.63) is 42.7 Å². The molecule has 0 aliphatic carbocycles. The molecule has 1 amide bonds. The van der Waals surface area contributed by atoms with E-state index in [1.165, 1.54) is 12.4 Å². The van der Waals surface area contributed by atoms with E-state index in [1.54, 1.807) is 29.1 Å². The van der Waals surface area contributed by atoms with Crippen LogP contribution in [-0.4, -0.2) is 21.5 Å². The molecule has 1 atom stereocenters. The minimum atomic E-state index is -0.672. The summed E-state index contributed by atoms with van der Waals surface area (Å²) in [7, 11) is 0. The maximum absolute atomic E-state index is 14.1. The Balaban J connectivity index is 0.00000242. The van der Waals surface area contributed by atoms with Gasteiger partial charge in [-0.3, -0.25) is 4.79 Å². The number of aromatic nitrogens is 2. The van der Waals surface area contributed by atoms with E-state index in [4.69, 9.17) is 5.73 Å². The van der Waals surface area contributed by atoms with Crippen LogP contribution in [0.3, 0.4) is 0 Å². The third-order valence-electron chi connectivity index (χ3n) is 3.21. The van der Waals surface area contributed by atoms with Crippen molar-refractivity contribution in [2.75, 3.05) is 5.32 Å². The second-order valence-corrected chi connectivity index (χ2v) is 5.97. The van der Waals surface area contributed by atoms with E-state index in [1.807, 2.05) is 20.8 Å². The van der Waals surface area contributed by atoms with Gasteiger partial charge in [0.25, 0.3) is 0 Å². The largest absolute Gasteiger partial charge is 0.325 e. The first-order valence-corrected chi connectivity index (χ1v) is 6.63. The lowest BCUT2D eigenvalue weighted by molar-refractivity contribution is -0.119. The molecule has 0 unspecified atom stereocenters. The van der Waals surface area contributed by atoms with E-state index < -0.39 is 11.9 Å². The first-order valence-electron chi connectivity index (χ1n) is 6.63. The Bertz CT molecular complexity index is 641. The number of hydrogen-bond acceptors (Lipinski definition) is 3. The van der Waals surface area contributed by atoms with Crippen LogP contribution in [0.1, 0.15) is 20.8 Å².